The van der Waals surface area contributed by atoms with Gasteiger partial charge in [0, 0.05) is 24.3 Å². The summed E-state index contributed by atoms with van der Waals surface area (Å²) in [6.45, 7) is 11.0. The SMILES string of the molecule is C=CC(=O)OCCC(=O)OCC(COC(=O)C=C)(COC(=O)C=C)COC(=O)C=C. The first-order valence-electron chi connectivity index (χ1n) is 8.54. The van der Waals surface area contributed by atoms with Crippen LogP contribution < -0.4 is 0 Å². The van der Waals surface area contributed by atoms with Gasteiger partial charge in [-0.05, 0) is 0 Å². The summed E-state index contributed by atoms with van der Waals surface area (Å²) in [5, 5.41) is 0. The molecule has 0 aliphatic carbocycles. The van der Waals surface area contributed by atoms with Crippen LogP contribution >= 0.6 is 0 Å². The van der Waals surface area contributed by atoms with E-state index in [9.17, 15) is 24.0 Å². The van der Waals surface area contributed by atoms with Crippen molar-refractivity contribution in [2.75, 3.05) is 33.0 Å². The second kappa shape index (κ2) is 14.3. The molecule has 164 valence electrons. The third-order valence-electron chi connectivity index (χ3n) is 3.32. The van der Waals surface area contributed by atoms with Gasteiger partial charge in [0.2, 0.25) is 0 Å². The Labute approximate surface area is 173 Å². The van der Waals surface area contributed by atoms with Crippen molar-refractivity contribution in [2.45, 2.75) is 6.42 Å². The largest absolute Gasteiger partial charge is 0.465 e. The van der Waals surface area contributed by atoms with E-state index in [-0.39, 0.29) is 13.0 Å². The van der Waals surface area contributed by atoms with Crippen molar-refractivity contribution in [1.29, 1.82) is 0 Å². The zero-order chi connectivity index (χ0) is 23.0. The summed E-state index contributed by atoms with van der Waals surface area (Å²) < 4.78 is 24.7. The highest BCUT2D eigenvalue weighted by Crippen LogP contribution is 2.22. The first kappa shape index (κ1) is 26.3. The Hall–Kier alpha value is -3.69. The molecule has 0 heterocycles. The zero-order valence-corrected chi connectivity index (χ0v) is 16.5. The number of esters is 5. The summed E-state index contributed by atoms with van der Waals surface area (Å²) in [7, 11) is 0. The predicted molar refractivity (Wildman–Crippen MR) is 103 cm³/mol. The van der Waals surface area contributed by atoms with Crippen LogP contribution in [-0.2, 0) is 47.7 Å². The zero-order valence-electron chi connectivity index (χ0n) is 16.5. The molecule has 0 saturated heterocycles. The summed E-state index contributed by atoms with van der Waals surface area (Å²) >= 11 is 0. The Bertz CT molecular complexity index is 632. The first-order chi connectivity index (χ1) is 14.2. The molecule has 0 fully saturated rings. The van der Waals surface area contributed by atoms with Crippen LogP contribution in [0.15, 0.2) is 50.6 Å². The lowest BCUT2D eigenvalue weighted by Gasteiger charge is -2.31. The molecule has 10 nitrogen and oxygen atoms in total. The van der Waals surface area contributed by atoms with Crippen molar-refractivity contribution in [3.8, 4) is 0 Å². The molecule has 0 atom stereocenters. The second-order valence-corrected chi connectivity index (χ2v) is 5.72. The van der Waals surface area contributed by atoms with Crippen LogP contribution in [0.4, 0.5) is 0 Å². The molecule has 0 aromatic heterocycles. The fourth-order valence-corrected chi connectivity index (χ4v) is 1.70. The van der Waals surface area contributed by atoms with E-state index in [1.54, 1.807) is 0 Å². The van der Waals surface area contributed by atoms with Gasteiger partial charge in [0.15, 0.2) is 0 Å². The molecule has 0 bridgehead atoms. The third-order valence-corrected chi connectivity index (χ3v) is 3.32. The van der Waals surface area contributed by atoms with Crippen LogP contribution in [-0.4, -0.2) is 62.9 Å². The minimum Gasteiger partial charge on any atom is -0.465 e. The van der Waals surface area contributed by atoms with E-state index in [0.717, 1.165) is 24.3 Å². The van der Waals surface area contributed by atoms with Crippen LogP contribution in [0.25, 0.3) is 0 Å². The molecule has 0 unspecified atom stereocenters. The van der Waals surface area contributed by atoms with Gasteiger partial charge in [0.05, 0.1) is 6.42 Å². The van der Waals surface area contributed by atoms with Crippen molar-refractivity contribution in [2.24, 2.45) is 5.41 Å². The molecule has 0 rings (SSSR count). The maximum absolute atomic E-state index is 11.9. The standard InChI is InChI=1S/C20H24O10/c1-5-15(21)26-10-9-19(25)30-14-20(11-27-16(22)6-2,12-28-17(23)7-3)13-29-18(24)8-4/h5-8H,1-4,9-14H2. The number of hydrogen-bond donors (Lipinski definition) is 0. The fraction of sp³-hybridized carbons (Fsp3) is 0.350. The Morgan fingerprint density at radius 1 is 0.567 bits per heavy atom. The van der Waals surface area contributed by atoms with Gasteiger partial charge in [-0.25, -0.2) is 19.2 Å². The monoisotopic (exact) mass is 424 g/mol. The predicted octanol–water partition coefficient (Wildman–Crippen LogP) is 0.823. The second-order valence-electron chi connectivity index (χ2n) is 5.72. The molecule has 0 amide bonds. The van der Waals surface area contributed by atoms with E-state index < -0.39 is 61.7 Å². The normalized spacial score (nSPS) is 10.0. The van der Waals surface area contributed by atoms with Crippen LogP contribution in [0.3, 0.4) is 0 Å². The van der Waals surface area contributed by atoms with Gasteiger partial charge in [-0.2, -0.15) is 0 Å². The first-order valence-corrected chi connectivity index (χ1v) is 8.54. The van der Waals surface area contributed by atoms with Crippen molar-refractivity contribution in [3.63, 3.8) is 0 Å². The average Bonchev–Trinajstić information content (AvgIpc) is 2.76. The lowest BCUT2D eigenvalue weighted by molar-refractivity contribution is -0.166. The highest BCUT2D eigenvalue weighted by Gasteiger charge is 2.37. The van der Waals surface area contributed by atoms with E-state index >= 15 is 0 Å². The Balaban J connectivity index is 5.28. The Morgan fingerprint density at radius 2 is 0.900 bits per heavy atom. The highest BCUT2D eigenvalue weighted by molar-refractivity contribution is 5.82. The summed E-state index contributed by atoms with van der Waals surface area (Å²) in [6.07, 6.45) is 3.36. The maximum atomic E-state index is 11.9. The Kier molecular flexibility index (Phi) is 12.6. The maximum Gasteiger partial charge on any atom is 0.330 e. The average molecular weight is 424 g/mol. The quantitative estimate of drug-likeness (QED) is 0.211. The van der Waals surface area contributed by atoms with Gasteiger partial charge >= 0.3 is 29.8 Å². The van der Waals surface area contributed by atoms with Gasteiger partial charge in [0.1, 0.15) is 38.4 Å². The molecule has 0 spiro atoms. The minimum atomic E-state index is -1.43. The third kappa shape index (κ3) is 11.2. The van der Waals surface area contributed by atoms with Gasteiger partial charge in [-0.15, -0.1) is 0 Å². The number of carbonyl (C=O) groups is 5. The molecule has 0 aromatic carbocycles. The summed E-state index contributed by atoms with van der Waals surface area (Å²) in [6, 6.07) is 0. The summed E-state index contributed by atoms with van der Waals surface area (Å²) in [5.74, 6) is -3.87. The van der Waals surface area contributed by atoms with Gasteiger partial charge in [-0.1, -0.05) is 26.3 Å². The molecule has 0 aliphatic heterocycles. The molecular weight excluding hydrogens is 400 g/mol. The molecule has 0 saturated carbocycles. The summed E-state index contributed by atoms with van der Waals surface area (Å²) in [4.78, 5) is 57.3. The number of hydrogen-bond acceptors (Lipinski definition) is 10. The highest BCUT2D eigenvalue weighted by atomic mass is 16.6. The van der Waals surface area contributed by atoms with Crippen LogP contribution in [0, 0.1) is 5.41 Å². The van der Waals surface area contributed by atoms with Gasteiger partial charge in [0.25, 0.3) is 0 Å². The van der Waals surface area contributed by atoms with Gasteiger partial charge < -0.3 is 23.7 Å². The van der Waals surface area contributed by atoms with Crippen molar-refractivity contribution >= 4 is 29.8 Å². The van der Waals surface area contributed by atoms with Gasteiger partial charge in [-0.3, -0.25) is 4.79 Å². The number of carbonyl (C=O) groups excluding carboxylic acids is 5. The molecule has 30 heavy (non-hydrogen) atoms. The fourth-order valence-electron chi connectivity index (χ4n) is 1.70. The molecule has 0 N–H and O–H groups in total. The molecule has 0 radical (unpaired) electrons. The number of ether oxygens (including phenoxy) is 5. The topological polar surface area (TPSA) is 132 Å². The lowest BCUT2D eigenvalue weighted by Crippen LogP contribution is -2.43. The molecular formula is C20H24O10. The van der Waals surface area contributed by atoms with Crippen LogP contribution in [0.1, 0.15) is 6.42 Å². The molecule has 10 heteroatoms. The van der Waals surface area contributed by atoms with Crippen molar-refractivity contribution < 1.29 is 47.7 Å². The smallest absolute Gasteiger partial charge is 0.330 e. The van der Waals surface area contributed by atoms with E-state index in [1.807, 2.05) is 0 Å². The Morgan fingerprint density at radius 3 is 1.27 bits per heavy atom. The summed E-state index contributed by atoms with van der Waals surface area (Å²) in [5.41, 5.74) is -1.43. The van der Waals surface area contributed by atoms with E-state index in [4.69, 9.17) is 18.9 Å². The van der Waals surface area contributed by atoms with E-state index in [2.05, 4.69) is 31.1 Å². The molecule has 0 aliphatic rings. The van der Waals surface area contributed by atoms with Crippen LogP contribution in [0.5, 0.6) is 0 Å². The van der Waals surface area contributed by atoms with Crippen molar-refractivity contribution in [1.82, 2.24) is 0 Å². The van der Waals surface area contributed by atoms with Crippen molar-refractivity contribution in [3.05, 3.63) is 50.6 Å². The lowest BCUT2D eigenvalue weighted by atomic mass is 9.92. The van der Waals surface area contributed by atoms with E-state index in [0.29, 0.717) is 0 Å². The minimum absolute atomic E-state index is 0.251. The number of rotatable bonds is 15. The van der Waals surface area contributed by atoms with E-state index in [1.165, 1.54) is 0 Å². The van der Waals surface area contributed by atoms with Crippen LogP contribution in [0.2, 0.25) is 0 Å². The molecule has 0 aromatic rings.